The van der Waals surface area contributed by atoms with Crippen molar-refractivity contribution in [2.45, 2.75) is 57.3 Å². The van der Waals surface area contributed by atoms with Crippen LogP contribution in [-0.4, -0.2) is 13.9 Å². The Morgan fingerprint density at radius 1 is 1.36 bits per heavy atom. The molecule has 0 bridgehead atoms. The van der Waals surface area contributed by atoms with Crippen LogP contribution in [0.25, 0.3) is 0 Å². The molecule has 0 aromatic rings. The maximum Gasteiger partial charge on any atom is 0.155 e. The van der Waals surface area contributed by atoms with Crippen molar-refractivity contribution in [3.8, 4) is 0 Å². The van der Waals surface area contributed by atoms with Gasteiger partial charge in [0.2, 0.25) is 0 Å². The summed E-state index contributed by atoms with van der Waals surface area (Å²) < 4.78 is 0. The largest absolute Gasteiger partial charge is 0.295 e. The van der Waals surface area contributed by atoms with E-state index in [9.17, 15) is 4.79 Å². The highest BCUT2D eigenvalue weighted by Gasteiger charge is 2.44. The first-order chi connectivity index (χ1) is 6.27. The third-order valence-corrected chi connectivity index (χ3v) is 10.2. The zero-order valence-electron chi connectivity index (χ0n) is 10.1. The van der Waals surface area contributed by atoms with Crippen molar-refractivity contribution in [2.75, 3.05) is 0 Å². The molecule has 0 spiro atoms. The second kappa shape index (κ2) is 3.65. The van der Waals surface area contributed by atoms with E-state index in [0.29, 0.717) is 16.4 Å². The number of carbonyl (C=O) groups excluding carboxylic acids is 1. The van der Waals surface area contributed by atoms with Gasteiger partial charge in [-0.15, -0.1) is 0 Å². The highest BCUT2D eigenvalue weighted by molar-refractivity contribution is 6.84. The molecule has 1 nitrogen and oxygen atoms in total. The number of hydrogen-bond donors (Lipinski definition) is 0. The fraction of sp³-hybridized carbons (Fsp3) is 0.750. The summed E-state index contributed by atoms with van der Waals surface area (Å²) in [7, 11) is -1.47. The van der Waals surface area contributed by atoms with Crippen LogP contribution in [0.15, 0.2) is 12.2 Å². The third-order valence-electron chi connectivity index (χ3n) is 4.05. The van der Waals surface area contributed by atoms with Crippen LogP contribution < -0.4 is 0 Å². The van der Waals surface area contributed by atoms with Gasteiger partial charge in [-0.3, -0.25) is 4.79 Å². The van der Waals surface area contributed by atoms with E-state index >= 15 is 0 Å². The number of hydrogen-bond acceptors (Lipinski definition) is 1. The predicted molar refractivity (Wildman–Crippen MR) is 64.3 cm³/mol. The van der Waals surface area contributed by atoms with Gasteiger partial charge in [-0.2, -0.15) is 0 Å². The standard InChI is InChI=1S/C12H22OSi/c1-12(2,3)14(4,5)11-9-7-6-8-10(11)13/h6,8,11H,7,9H2,1-5H3/t11-/m0/s1. The van der Waals surface area contributed by atoms with Gasteiger partial charge in [0, 0.05) is 5.54 Å². The first-order valence-corrected chi connectivity index (χ1v) is 8.55. The molecule has 2 heteroatoms. The van der Waals surface area contributed by atoms with Crippen molar-refractivity contribution in [3.05, 3.63) is 12.2 Å². The average Bonchev–Trinajstić information content (AvgIpc) is 2.02. The van der Waals surface area contributed by atoms with Gasteiger partial charge in [-0.05, 0) is 24.0 Å². The lowest BCUT2D eigenvalue weighted by molar-refractivity contribution is -0.115. The molecule has 0 saturated carbocycles. The van der Waals surface area contributed by atoms with E-state index in [4.69, 9.17) is 0 Å². The average molecular weight is 210 g/mol. The number of rotatable bonds is 1. The second-order valence-electron chi connectivity index (χ2n) is 5.91. The third kappa shape index (κ3) is 2.00. The van der Waals surface area contributed by atoms with Crippen molar-refractivity contribution in [1.82, 2.24) is 0 Å². The van der Waals surface area contributed by atoms with Crippen LogP contribution in [0.5, 0.6) is 0 Å². The molecule has 0 aliphatic heterocycles. The maximum atomic E-state index is 11.8. The van der Waals surface area contributed by atoms with Crippen LogP contribution in [0.1, 0.15) is 33.6 Å². The molecule has 0 aromatic heterocycles. The Kier molecular flexibility index (Phi) is 3.05. The van der Waals surface area contributed by atoms with Crippen molar-refractivity contribution in [3.63, 3.8) is 0 Å². The smallest absolute Gasteiger partial charge is 0.155 e. The van der Waals surface area contributed by atoms with E-state index in [1.165, 1.54) is 0 Å². The zero-order valence-corrected chi connectivity index (χ0v) is 11.1. The SMILES string of the molecule is CC(C)(C)[Si](C)(C)[C@H]1CCC=CC1=O. The maximum absolute atomic E-state index is 11.8. The summed E-state index contributed by atoms with van der Waals surface area (Å²) in [6, 6.07) is 0. The Hall–Kier alpha value is -0.373. The van der Waals surface area contributed by atoms with Gasteiger partial charge in [0.15, 0.2) is 5.78 Å². The highest BCUT2D eigenvalue weighted by Crippen LogP contribution is 2.46. The van der Waals surface area contributed by atoms with Gasteiger partial charge >= 0.3 is 0 Å². The number of carbonyl (C=O) groups is 1. The number of ketones is 1. The van der Waals surface area contributed by atoms with Crippen molar-refractivity contribution in [1.29, 1.82) is 0 Å². The van der Waals surface area contributed by atoms with E-state index in [1.54, 1.807) is 6.08 Å². The summed E-state index contributed by atoms with van der Waals surface area (Å²) in [5.74, 6) is 0.378. The predicted octanol–water partition coefficient (Wildman–Crippen LogP) is 3.78. The van der Waals surface area contributed by atoms with Gasteiger partial charge < -0.3 is 0 Å². The summed E-state index contributed by atoms with van der Waals surface area (Å²) in [5, 5.41) is 0.318. The fourth-order valence-electron chi connectivity index (χ4n) is 1.96. The van der Waals surface area contributed by atoms with Crippen LogP contribution >= 0.6 is 0 Å². The zero-order chi connectivity index (χ0) is 11.0. The molecule has 0 saturated heterocycles. The second-order valence-corrected chi connectivity index (χ2v) is 11.5. The molecule has 0 unspecified atom stereocenters. The molecule has 1 aliphatic rings. The molecule has 80 valence electrons. The quantitative estimate of drug-likeness (QED) is 0.602. The molecular weight excluding hydrogens is 188 g/mol. The Morgan fingerprint density at radius 3 is 2.36 bits per heavy atom. The highest BCUT2D eigenvalue weighted by atomic mass is 28.3. The molecule has 0 N–H and O–H groups in total. The van der Waals surface area contributed by atoms with Crippen LogP contribution in [-0.2, 0) is 4.79 Å². The first-order valence-electron chi connectivity index (χ1n) is 5.47. The van der Waals surface area contributed by atoms with Gasteiger partial charge in [0.1, 0.15) is 0 Å². The molecule has 1 rings (SSSR count). The summed E-state index contributed by atoms with van der Waals surface area (Å²) in [5.41, 5.74) is 0.340. The van der Waals surface area contributed by atoms with Crippen LogP contribution in [0.4, 0.5) is 0 Å². The molecule has 0 radical (unpaired) electrons. The van der Waals surface area contributed by atoms with E-state index in [1.807, 2.05) is 6.08 Å². The van der Waals surface area contributed by atoms with E-state index < -0.39 is 8.07 Å². The van der Waals surface area contributed by atoms with Gasteiger partial charge in [0.05, 0.1) is 8.07 Å². The lowest BCUT2D eigenvalue weighted by Gasteiger charge is -2.43. The summed E-state index contributed by atoms with van der Waals surface area (Å²) in [6.07, 6.45) is 5.98. The van der Waals surface area contributed by atoms with Crippen LogP contribution in [0.3, 0.4) is 0 Å². The molecule has 0 aromatic carbocycles. The molecule has 1 aliphatic carbocycles. The molecule has 0 fully saturated rings. The minimum absolute atomic E-state index is 0.318. The van der Waals surface area contributed by atoms with Gasteiger partial charge in [-0.25, -0.2) is 0 Å². The number of allylic oxidation sites excluding steroid dienone is 2. The lowest BCUT2D eigenvalue weighted by atomic mass is 10.1. The minimum Gasteiger partial charge on any atom is -0.295 e. The van der Waals surface area contributed by atoms with Crippen molar-refractivity contribution >= 4 is 13.9 Å². The first kappa shape index (κ1) is 11.7. The molecule has 0 heterocycles. The molecule has 14 heavy (non-hydrogen) atoms. The Bertz CT molecular complexity index is 258. The topological polar surface area (TPSA) is 17.1 Å². The van der Waals surface area contributed by atoms with E-state index in [0.717, 1.165) is 12.8 Å². The van der Waals surface area contributed by atoms with Crippen LogP contribution in [0, 0.1) is 0 Å². The van der Waals surface area contributed by atoms with Gasteiger partial charge in [0.25, 0.3) is 0 Å². The Balaban J connectivity index is 2.93. The van der Waals surface area contributed by atoms with E-state index in [2.05, 4.69) is 33.9 Å². The fourth-order valence-corrected chi connectivity index (χ4v) is 4.70. The molecule has 0 amide bonds. The normalized spacial score (nSPS) is 24.1. The van der Waals surface area contributed by atoms with Crippen molar-refractivity contribution in [2.24, 2.45) is 0 Å². The van der Waals surface area contributed by atoms with Crippen molar-refractivity contribution < 1.29 is 4.79 Å². The Morgan fingerprint density at radius 2 is 1.93 bits per heavy atom. The summed E-state index contributed by atoms with van der Waals surface area (Å²) in [4.78, 5) is 11.8. The lowest BCUT2D eigenvalue weighted by Crippen LogP contribution is -2.45. The monoisotopic (exact) mass is 210 g/mol. The summed E-state index contributed by atoms with van der Waals surface area (Å²) in [6.45, 7) is 11.6. The minimum atomic E-state index is -1.47. The van der Waals surface area contributed by atoms with Crippen LogP contribution in [0.2, 0.25) is 23.7 Å². The van der Waals surface area contributed by atoms with E-state index in [-0.39, 0.29) is 0 Å². The summed E-state index contributed by atoms with van der Waals surface area (Å²) >= 11 is 0. The molecule has 1 atom stereocenters. The van der Waals surface area contributed by atoms with Gasteiger partial charge in [-0.1, -0.05) is 39.9 Å². The Labute approximate surface area is 88.6 Å². The molecular formula is C12H22OSi.